The van der Waals surface area contributed by atoms with Crippen molar-refractivity contribution in [3.63, 3.8) is 0 Å². The summed E-state index contributed by atoms with van der Waals surface area (Å²) < 4.78 is 5.00. The van der Waals surface area contributed by atoms with Crippen LogP contribution >= 0.6 is 7.05 Å². The van der Waals surface area contributed by atoms with E-state index in [1.54, 1.807) is 26.8 Å². The van der Waals surface area contributed by atoms with Crippen molar-refractivity contribution in [3.05, 3.63) is 29.8 Å². The van der Waals surface area contributed by atoms with Gasteiger partial charge in [-0.15, -0.1) is 0 Å². The monoisotopic (exact) mass is 294 g/mol. The first-order valence-electron chi connectivity index (χ1n) is 7.04. The number of carboxylic acids is 1. The smallest absolute Gasteiger partial charge is 0.213 e. The Kier molecular flexibility index (Phi) is 2.76. The lowest BCUT2D eigenvalue weighted by Gasteiger charge is -2.48. The summed E-state index contributed by atoms with van der Waals surface area (Å²) in [4.78, 5) is 16.2. The second kappa shape index (κ2) is 4.40. The summed E-state index contributed by atoms with van der Waals surface area (Å²) in [5.74, 6) is -1.12. The number of rotatable bonds is 2. The number of nitrogens with zero attached hydrogens (tertiary/aromatic N) is 1. The summed E-state index contributed by atoms with van der Waals surface area (Å²) in [6, 6.07) is 7.03. The number of carboxylic acid groups (broad SMARTS) is 1. The van der Waals surface area contributed by atoms with Crippen molar-refractivity contribution >= 4 is 18.7 Å². The molecule has 0 aliphatic carbocycles. The number of quaternary nitrogens is 3. The molecule has 0 radical (unpaired) electrons. The molecule has 0 spiro atoms. The van der Waals surface area contributed by atoms with Gasteiger partial charge in [-0.05, 0) is 6.07 Å². The molecule has 6 nitrogen and oxygen atoms in total. The van der Waals surface area contributed by atoms with Crippen LogP contribution in [0.25, 0.3) is 0 Å². The maximum atomic E-state index is 11.2. The van der Waals surface area contributed by atoms with Gasteiger partial charge in [-0.1, -0.05) is 18.2 Å². The Balaban J connectivity index is 1.79. The van der Waals surface area contributed by atoms with Crippen molar-refractivity contribution in [1.29, 1.82) is 0 Å². The lowest BCUT2D eigenvalue weighted by atomic mass is 10.2. The van der Waals surface area contributed by atoms with Crippen molar-refractivity contribution in [3.8, 4) is 0 Å². The number of nitrogens with one attached hydrogen (secondary N) is 3. The second-order valence-corrected chi connectivity index (χ2v) is 9.59. The Labute approximate surface area is 117 Å². The molecule has 0 unspecified atom stereocenters. The van der Waals surface area contributed by atoms with Crippen molar-refractivity contribution < 1.29 is 24.6 Å². The lowest BCUT2D eigenvalue weighted by molar-refractivity contribution is -1.27. The molecule has 0 atom stereocenters. The third-order valence-electron chi connectivity index (χ3n) is 4.50. The van der Waals surface area contributed by atoms with Crippen molar-refractivity contribution in [2.75, 3.05) is 38.9 Å². The largest absolute Gasteiger partial charge is 0.545 e. The fourth-order valence-corrected chi connectivity index (χ4v) is 8.42. The predicted molar refractivity (Wildman–Crippen MR) is 71.9 cm³/mol. The first-order chi connectivity index (χ1) is 9.63. The predicted octanol–water partition coefficient (Wildman–Crippen LogP) is -3.68. The van der Waals surface area contributed by atoms with Gasteiger partial charge in [-0.2, -0.15) is 0 Å². The molecule has 4 aliphatic rings. The fourth-order valence-electron chi connectivity index (χ4n) is 4.07. The van der Waals surface area contributed by atoms with E-state index >= 15 is 0 Å². The molecule has 106 valence electrons. The highest BCUT2D eigenvalue weighted by Crippen LogP contribution is 2.49. The van der Waals surface area contributed by atoms with Gasteiger partial charge in [0.1, 0.15) is 25.9 Å². The molecule has 5 rings (SSSR count). The summed E-state index contributed by atoms with van der Waals surface area (Å²) in [5, 5.41) is 11.2. The zero-order chi connectivity index (χ0) is 13.7. The molecule has 1 aromatic carbocycles. The molecule has 3 N–H and O–H groups in total. The number of benzene rings is 1. The molecule has 4 aliphatic heterocycles. The minimum atomic E-state index is -1.41. The average Bonchev–Trinajstić information content (AvgIpc) is 2.36. The maximum absolute atomic E-state index is 11.2. The van der Waals surface area contributed by atoms with Crippen LogP contribution < -0.4 is 19.8 Å². The van der Waals surface area contributed by atoms with Gasteiger partial charge in [0.15, 0.2) is 0 Å². The van der Waals surface area contributed by atoms with Crippen molar-refractivity contribution in [2.24, 2.45) is 4.74 Å². The van der Waals surface area contributed by atoms with Crippen LogP contribution in [0, 0.1) is 0 Å². The zero-order valence-corrected chi connectivity index (χ0v) is 12.2. The average molecular weight is 294 g/mol. The van der Waals surface area contributed by atoms with Crippen LogP contribution in [0.2, 0.25) is 0 Å². The number of hydrogen-bond donors (Lipinski definition) is 3. The lowest BCUT2D eigenvalue weighted by Crippen LogP contribution is -3.53. The molecule has 0 saturated carbocycles. The number of carbonyl (C=O) groups excluding carboxylic acids is 1. The van der Waals surface area contributed by atoms with E-state index in [0.29, 0.717) is 5.69 Å². The highest BCUT2D eigenvalue weighted by molar-refractivity contribution is 7.65. The summed E-state index contributed by atoms with van der Waals surface area (Å²) in [6.07, 6.45) is 3.42. The Morgan fingerprint density at radius 1 is 1.05 bits per heavy atom. The minimum Gasteiger partial charge on any atom is -0.545 e. The van der Waals surface area contributed by atoms with Gasteiger partial charge in [0.05, 0.1) is 11.7 Å². The summed E-state index contributed by atoms with van der Waals surface area (Å²) in [5.41, 5.74) is 0.868. The van der Waals surface area contributed by atoms with E-state index in [4.69, 9.17) is 4.74 Å². The van der Waals surface area contributed by atoms with E-state index in [0.717, 1.165) is 18.9 Å². The molecular formula is C13H19N4O2P+2. The standard InChI is InChI=1S/C13H17N4O2P/c18-13(19)11-3-1-2-4-12(11)14-20-8-15-5-16(9-20)7-17(6-15)10-20/h1-4H,5-10H2,(H,18,19)/p+2. The Bertz CT molecular complexity index is 589. The summed E-state index contributed by atoms with van der Waals surface area (Å²) in [7, 11) is -1.41. The molecule has 4 fully saturated rings. The first kappa shape index (κ1) is 12.5. The topological polar surface area (TPSA) is 65.8 Å². The van der Waals surface area contributed by atoms with Crippen LogP contribution in [-0.4, -0.2) is 44.8 Å². The summed E-state index contributed by atoms with van der Waals surface area (Å²) >= 11 is 0. The molecule has 7 heteroatoms. The molecule has 20 heavy (non-hydrogen) atoms. The Morgan fingerprint density at radius 3 is 2.15 bits per heavy atom. The summed E-state index contributed by atoms with van der Waals surface area (Å²) in [6.45, 7) is 3.63. The molecule has 0 aromatic heterocycles. The highest BCUT2D eigenvalue weighted by atomic mass is 31.2. The van der Waals surface area contributed by atoms with Crippen LogP contribution in [0.15, 0.2) is 29.0 Å². The zero-order valence-electron chi connectivity index (χ0n) is 11.3. The van der Waals surface area contributed by atoms with Crippen molar-refractivity contribution in [1.82, 2.24) is 0 Å². The fraction of sp³-hybridized carbons (Fsp3) is 0.462. The Hall–Kier alpha value is -1.20. The van der Waals surface area contributed by atoms with Gasteiger partial charge in [0, 0.05) is 5.56 Å². The Morgan fingerprint density at radius 2 is 1.60 bits per heavy atom. The highest BCUT2D eigenvalue weighted by Gasteiger charge is 2.52. The van der Waals surface area contributed by atoms with E-state index in [9.17, 15) is 9.90 Å². The normalized spacial score (nSPS) is 37.9. The van der Waals surface area contributed by atoms with E-state index in [2.05, 4.69) is 0 Å². The van der Waals surface area contributed by atoms with Gasteiger partial charge >= 0.3 is 0 Å². The van der Waals surface area contributed by atoms with Crippen LogP contribution in [0.3, 0.4) is 0 Å². The van der Waals surface area contributed by atoms with E-state index in [1.165, 1.54) is 20.0 Å². The van der Waals surface area contributed by atoms with E-state index in [-0.39, 0.29) is 5.56 Å². The van der Waals surface area contributed by atoms with Gasteiger partial charge in [0.25, 0.3) is 0 Å². The van der Waals surface area contributed by atoms with E-state index in [1.807, 2.05) is 12.1 Å². The van der Waals surface area contributed by atoms with E-state index < -0.39 is 13.0 Å². The molecule has 1 aromatic rings. The van der Waals surface area contributed by atoms with Crippen LogP contribution in [0.1, 0.15) is 10.4 Å². The van der Waals surface area contributed by atoms with Gasteiger partial charge < -0.3 is 9.90 Å². The van der Waals surface area contributed by atoms with Gasteiger partial charge in [-0.3, -0.25) is 0 Å². The van der Waals surface area contributed by atoms with Crippen LogP contribution in [-0.2, 0) is 0 Å². The third kappa shape index (κ3) is 2.00. The van der Waals surface area contributed by atoms with Gasteiger partial charge in [0.2, 0.25) is 20.0 Å². The van der Waals surface area contributed by atoms with Crippen LogP contribution in [0.5, 0.6) is 0 Å². The molecule has 4 bridgehead atoms. The molecule has 4 saturated heterocycles. The second-order valence-electron chi connectivity index (χ2n) is 6.25. The number of aromatic carboxylic acids is 1. The van der Waals surface area contributed by atoms with Crippen LogP contribution in [0.4, 0.5) is 5.69 Å². The minimum absolute atomic E-state index is 0.239. The molecule has 4 heterocycles. The first-order valence-corrected chi connectivity index (χ1v) is 9.34. The van der Waals surface area contributed by atoms with Crippen molar-refractivity contribution in [2.45, 2.75) is 0 Å². The molecular weight excluding hydrogens is 275 g/mol. The molecule has 0 amide bonds. The quantitative estimate of drug-likeness (QED) is 0.492. The van der Waals surface area contributed by atoms with Gasteiger partial charge in [-0.25, -0.2) is 19.4 Å². The SMILES string of the molecule is O=C([O-])c1ccccc1N=P12C[NH+]3C[NH+](C[NH+](C3)C1)C2. The number of carbonyl (C=O) groups is 1. The number of hydrogen-bond acceptors (Lipinski definition) is 3. The third-order valence-corrected chi connectivity index (χ3v) is 8.24. The maximum Gasteiger partial charge on any atom is 0.213 e.